The number of hydrogen-bond donors (Lipinski definition) is 1. The minimum absolute atomic E-state index is 0. The van der Waals surface area contributed by atoms with Gasteiger partial charge in [-0.1, -0.05) is 13.8 Å². The molecule has 0 atom stereocenters. The van der Waals surface area contributed by atoms with Crippen LogP contribution in [0.4, 0.5) is 0 Å². The van der Waals surface area contributed by atoms with E-state index in [1.807, 2.05) is 0 Å². The van der Waals surface area contributed by atoms with Gasteiger partial charge in [-0.15, -0.1) is 35.3 Å². The van der Waals surface area contributed by atoms with Gasteiger partial charge in [-0.25, -0.2) is 4.98 Å². The first-order valence-electron chi connectivity index (χ1n) is 10.3. The molecule has 0 fully saturated rings. The molecule has 1 aliphatic rings. The van der Waals surface area contributed by atoms with Crippen LogP contribution in [0.25, 0.3) is 0 Å². The number of rotatable bonds is 7. The van der Waals surface area contributed by atoms with Gasteiger partial charge >= 0.3 is 0 Å². The maximum absolute atomic E-state index is 5.48. The van der Waals surface area contributed by atoms with Gasteiger partial charge in [0, 0.05) is 43.9 Å². The van der Waals surface area contributed by atoms with Crippen LogP contribution in [0.1, 0.15) is 48.5 Å². The number of hydrogen-bond acceptors (Lipinski definition) is 5. The normalized spacial score (nSPS) is 13.7. The lowest BCUT2D eigenvalue weighted by atomic mass is 9.99. The lowest BCUT2D eigenvalue weighted by Gasteiger charge is -2.32. The molecule has 0 amide bonds. The zero-order chi connectivity index (χ0) is 20.8. The van der Waals surface area contributed by atoms with Crippen molar-refractivity contribution >= 4 is 41.3 Å². The van der Waals surface area contributed by atoms with Crippen LogP contribution in [-0.2, 0) is 19.4 Å². The van der Waals surface area contributed by atoms with E-state index in [0.29, 0.717) is 5.92 Å². The average Bonchev–Trinajstić information content (AvgIpc) is 3.21. The predicted octanol–water partition coefficient (Wildman–Crippen LogP) is 4.47. The van der Waals surface area contributed by atoms with Crippen molar-refractivity contribution in [2.45, 2.75) is 46.1 Å². The van der Waals surface area contributed by atoms with E-state index >= 15 is 0 Å². The van der Waals surface area contributed by atoms with E-state index in [-0.39, 0.29) is 24.0 Å². The Morgan fingerprint density at radius 3 is 2.53 bits per heavy atom. The van der Waals surface area contributed by atoms with Gasteiger partial charge in [0.2, 0.25) is 0 Å². The first-order chi connectivity index (χ1) is 14.0. The molecular formula is C22H33IN4O2S. The van der Waals surface area contributed by atoms with Gasteiger partial charge in [0.15, 0.2) is 17.5 Å². The van der Waals surface area contributed by atoms with E-state index in [2.05, 4.69) is 48.5 Å². The predicted molar refractivity (Wildman–Crippen MR) is 135 cm³/mol. The number of thiazole rings is 1. The molecule has 0 saturated carbocycles. The van der Waals surface area contributed by atoms with Crippen LogP contribution in [0, 0.1) is 0 Å². The summed E-state index contributed by atoms with van der Waals surface area (Å²) in [4.78, 5) is 11.9. The van der Waals surface area contributed by atoms with E-state index in [0.717, 1.165) is 62.2 Å². The zero-order valence-electron chi connectivity index (χ0n) is 18.5. The maximum Gasteiger partial charge on any atom is 0.194 e. The first-order valence-corrected chi connectivity index (χ1v) is 11.1. The number of aromatic nitrogens is 1. The van der Waals surface area contributed by atoms with Crippen molar-refractivity contribution in [1.29, 1.82) is 0 Å². The van der Waals surface area contributed by atoms with Gasteiger partial charge in [0.25, 0.3) is 0 Å². The molecule has 30 heavy (non-hydrogen) atoms. The SMILES string of the molecule is CCNC(=NCCc1csc(C(C)C)n1)N1CCc2cc(OC)c(OC)cc2C1.I. The largest absolute Gasteiger partial charge is 0.493 e. The van der Waals surface area contributed by atoms with E-state index in [4.69, 9.17) is 19.5 Å². The number of aliphatic imine (C=N–C) groups is 1. The summed E-state index contributed by atoms with van der Waals surface area (Å²) >= 11 is 1.75. The summed E-state index contributed by atoms with van der Waals surface area (Å²) in [6.07, 6.45) is 1.83. The number of fused-ring (bicyclic) bond motifs is 1. The Labute approximate surface area is 201 Å². The molecule has 1 aromatic carbocycles. The van der Waals surface area contributed by atoms with Gasteiger partial charge in [-0.3, -0.25) is 4.99 Å². The molecule has 1 aromatic heterocycles. The monoisotopic (exact) mass is 544 g/mol. The molecular weight excluding hydrogens is 511 g/mol. The van der Waals surface area contributed by atoms with Crippen LogP contribution in [0.3, 0.4) is 0 Å². The third-order valence-electron chi connectivity index (χ3n) is 5.05. The Bertz CT molecular complexity index is 854. The van der Waals surface area contributed by atoms with Crippen molar-refractivity contribution in [3.8, 4) is 11.5 Å². The molecule has 8 heteroatoms. The molecule has 0 bridgehead atoms. The number of ether oxygens (including phenoxy) is 2. The summed E-state index contributed by atoms with van der Waals surface area (Å²) in [7, 11) is 3.36. The smallest absolute Gasteiger partial charge is 0.194 e. The molecule has 1 aliphatic heterocycles. The topological polar surface area (TPSA) is 59.0 Å². The van der Waals surface area contributed by atoms with Gasteiger partial charge in [-0.05, 0) is 36.6 Å². The van der Waals surface area contributed by atoms with Crippen molar-refractivity contribution in [3.05, 3.63) is 39.3 Å². The summed E-state index contributed by atoms with van der Waals surface area (Å²) in [5.41, 5.74) is 3.72. The third kappa shape index (κ3) is 6.00. The second-order valence-electron chi connectivity index (χ2n) is 7.46. The summed E-state index contributed by atoms with van der Waals surface area (Å²) in [5.74, 6) is 3.02. The quantitative estimate of drug-likeness (QED) is 0.317. The Kier molecular flexibility index (Phi) is 9.67. The number of halogens is 1. The first kappa shape index (κ1) is 24.7. The van der Waals surface area contributed by atoms with Gasteiger partial charge in [0.1, 0.15) is 0 Å². The fourth-order valence-corrected chi connectivity index (χ4v) is 4.34. The maximum atomic E-state index is 5.48. The Hall–Kier alpha value is -1.55. The minimum atomic E-state index is 0. The fourth-order valence-electron chi connectivity index (χ4n) is 3.47. The number of methoxy groups -OCH3 is 2. The molecule has 0 spiro atoms. The van der Waals surface area contributed by atoms with Crippen LogP contribution in [0.15, 0.2) is 22.5 Å². The average molecular weight is 545 g/mol. The standard InChI is InChI=1S/C22H32N4O2S.HI/c1-6-23-22(24-9-7-18-14-29-21(25-18)15(2)3)26-10-8-16-11-19(27-4)20(28-5)12-17(16)13-26;/h11-12,14-15H,6-10,13H2,1-5H3,(H,23,24);1H. The number of guanidine groups is 1. The van der Waals surface area contributed by atoms with Crippen molar-refractivity contribution in [1.82, 2.24) is 15.2 Å². The van der Waals surface area contributed by atoms with E-state index in [1.54, 1.807) is 25.6 Å². The summed E-state index contributed by atoms with van der Waals surface area (Å²) in [6.45, 7) is 9.81. The molecule has 0 unspecified atom stereocenters. The lowest BCUT2D eigenvalue weighted by molar-refractivity contribution is 0.346. The highest BCUT2D eigenvalue weighted by atomic mass is 127. The minimum Gasteiger partial charge on any atom is -0.493 e. The van der Waals surface area contributed by atoms with E-state index < -0.39 is 0 Å². The number of benzene rings is 1. The van der Waals surface area contributed by atoms with Crippen LogP contribution < -0.4 is 14.8 Å². The fraction of sp³-hybridized carbons (Fsp3) is 0.545. The third-order valence-corrected chi connectivity index (χ3v) is 6.24. The van der Waals surface area contributed by atoms with Crippen molar-refractivity contribution in [2.24, 2.45) is 4.99 Å². The second kappa shape index (κ2) is 11.7. The van der Waals surface area contributed by atoms with Gasteiger partial charge in [-0.2, -0.15) is 0 Å². The zero-order valence-corrected chi connectivity index (χ0v) is 21.7. The Morgan fingerprint density at radius 1 is 1.23 bits per heavy atom. The van der Waals surface area contributed by atoms with Crippen molar-refractivity contribution in [3.63, 3.8) is 0 Å². The van der Waals surface area contributed by atoms with E-state index in [1.165, 1.54) is 16.1 Å². The molecule has 2 aromatic rings. The number of nitrogens with zero attached hydrogens (tertiary/aromatic N) is 3. The van der Waals surface area contributed by atoms with E-state index in [9.17, 15) is 0 Å². The lowest BCUT2D eigenvalue weighted by Crippen LogP contribution is -2.44. The van der Waals surface area contributed by atoms with Crippen LogP contribution in [0.5, 0.6) is 11.5 Å². The molecule has 3 rings (SSSR count). The van der Waals surface area contributed by atoms with Crippen molar-refractivity contribution < 1.29 is 9.47 Å². The molecule has 0 saturated heterocycles. The highest BCUT2D eigenvalue weighted by molar-refractivity contribution is 14.0. The van der Waals surface area contributed by atoms with Gasteiger partial charge < -0.3 is 19.7 Å². The van der Waals surface area contributed by atoms with Gasteiger partial charge in [0.05, 0.1) is 24.9 Å². The number of nitrogens with one attached hydrogen (secondary N) is 1. The van der Waals surface area contributed by atoms with Crippen LogP contribution in [-0.4, -0.2) is 49.7 Å². The molecule has 6 nitrogen and oxygen atoms in total. The summed E-state index contributed by atoms with van der Waals surface area (Å²) in [5, 5.41) is 6.81. The summed E-state index contributed by atoms with van der Waals surface area (Å²) in [6, 6.07) is 4.19. The summed E-state index contributed by atoms with van der Waals surface area (Å²) < 4.78 is 10.9. The molecule has 0 aliphatic carbocycles. The van der Waals surface area contributed by atoms with Crippen LogP contribution in [0.2, 0.25) is 0 Å². The van der Waals surface area contributed by atoms with Crippen molar-refractivity contribution in [2.75, 3.05) is 33.9 Å². The Balaban J connectivity index is 0.00000320. The highest BCUT2D eigenvalue weighted by Gasteiger charge is 2.21. The molecule has 166 valence electrons. The highest BCUT2D eigenvalue weighted by Crippen LogP contribution is 2.33. The molecule has 1 N–H and O–H groups in total. The Morgan fingerprint density at radius 2 is 1.93 bits per heavy atom. The van der Waals surface area contributed by atoms with Crippen LogP contribution >= 0.6 is 35.3 Å². The second-order valence-corrected chi connectivity index (χ2v) is 8.35. The molecule has 2 heterocycles. The molecule has 0 radical (unpaired) electrons.